The summed E-state index contributed by atoms with van der Waals surface area (Å²) < 4.78 is 0. The molecule has 2 N–H and O–H groups in total. The Morgan fingerprint density at radius 3 is 2.60 bits per heavy atom. The molecule has 0 aromatic heterocycles. The summed E-state index contributed by atoms with van der Waals surface area (Å²) in [7, 11) is 0. The van der Waals surface area contributed by atoms with Crippen LogP contribution in [-0.4, -0.2) is 24.8 Å². The Morgan fingerprint density at radius 2 is 2.00 bits per heavy atom. The van der Waals surface area contributed by atoms with E-state index < -0.39 is 0 Å². The third-order valence-electron chi connectivity index (χ3n) is 3.12. The van der Waals surface area contributed by atoms with E-state index in [4.69, 9.17) is 23.2 Å². The highest BCUT2D eigenvalue weighted by Crippen LogP contribution is 2.29. The second-order valence-electron chi connectivity index (χ2n) is 4.17. The van der Waals surface area contributed by atoms with Crippen molar-refractivity contribution in [2.75, 3.05) is 19.7 Å². The van der Waals surface area contributed by atoms with Gasteiger partial charge in [-0.05, 0) is 31.2 Å². The Bertz CT molecular complexity index is 209. The zero-order valence-electron chi connectivity index (χ0n) is 8.88. The fourth-order valence-corrected chi connectivity index (χ4v) is 2.38. The molecule has 2 atom stereocenters. The van der Waals surface area contributed by atoms with Crippen LogP contribution in [0.3, 0.4) is 0 Å². The molecule has 1 aliphatic carbocycles. The van der Waals surface area contributed by atoms with Crippen molar-refractivity contribution in [1.82, 2.24) is 5.32 Å². The van der Waals surface area contributed by atoms with Gasteiger partial charge in [0.2, 0.25) is 0 Å². The van der Waals surface area contributed by atoms with E-state index in [-0.39, 0.29) is 0 Å². The van der Waals surface area contributed by atoms with Gasteiger partial charge in [-0.25, -0.2) is 0 Å². The molecule has 1 fully saturated rings. The molecule has 0 saturated heterocycles. The number of nitrogens with one attached hydrogen (secondary N) is 1. The van der Waals surface area contributed by atoms with E-state index in [2.05, 4.69) is 5.32 Å². The third-order valence-corrected chi connectivity index (χ3v) is 3.74. The highest BCUT2D eigenvalue weighted by atomic mass is 35.5. The summed E-state index contributed by atoms with van der Waals surface area (Å²) in [4.78, 5) is 0. The molecule has 1 aliphatic rings. The molecule has 0 bridgehead atoms. The predicted molar refractivity (Wildman–Crippen MR) is 65.2 cm³/mol. The van der Waals surface area contributed by atoms with Gasteiger partial charge in [0.05, 0.1) is 0 Å². The fraction of sp³-hybridized carbons (Fsp3) is 0.818. The summed E-state index contributed by atoms with van der Waals surface area (Å²) >= 11 is 11.2. The molecule has 2 unspecified atom stereocenters. The number of aliphatic hydroxyl groups is 1. The van der Waals surface area contributed by atoms with Crippen LogP contribution in [0.2, 0.25) is 0 Å². The molecule has 1 rings (SSSR count). The Kier molecular flexibility index (Phi) is 6.66. The van der Waals surface area contributed by atoms with E-state index in [1.807, 2.05) is 0 Å². The Labute approximate surface area is 102 Å². The minimum atomic E-state index is 0.311. The van der Waals surface area contributed by atoms with Crippen molar-refractivity contribution in [3.63, 3.8) is 0 Å². The number of aliphatic hydroxyl groups excluding tert-OH is 1. The molecular weight excluding hydrogens is 233 g/mol. The van der Waals surface area contributed by atoms with E-state index in [0.29, 0.717) is 30.0 Å². The smallest absolute Gasteiger partial charge is 0.0462 e. The molecule has 0 aromatic carbocycles. The normalized spacial score (nSPS) is 28.1. The van der Waals surface area contributed by atoms with Gasteiger partial charge in [0.1, 0.15) is 0 Å². The quantitative estimate of drug-likeness (QED) is 0.788. The first kappa shape index (κ1) is 13.3. The number of hydrogen-bond acceptors (Lipinski definition) is 2. The maximum absolute atomic E-state index is 9.23. The highest BCUT2D eigenvalue weighted by molar-refractivity contribution is 6.36. The van der Waals surface area contributed by atoms with Crippen LogP contribution in [0.15, 0.2) is 10.6 Å². The van der Waals surface area contributed by atoms with Crippen molar-refractivity contribution in [1.29, 1.82) is 0 Å². The van der Waals surface area contributed by atoms with E-state index in [0.717, 1.165) is 13.0 Å². The molecule has 0 aliphatic heterocycles. The van der Waals surface area contributed by atoms with Crippen LogP contribution in [0.5, 0.6) is 0 Å². The average molecular weight is 252 g/mol. The first-order valence-electron chi connectivity index (χ1n) is 5.54. The van der Waals surface area contributed by atoms with E-state index in [1.54, 1.807) is 0 Å². The van der Waals surface area contributed by atoms with Crippen LogP contribution in [0.4, 0.5) is 0 Å². The zero-order chi connectivity index (χ0) is 11.1. The van der Waals surface area contributed by atoms with E-state index in [9.17, 15) is 5.11 Å². The lowest BCUT2D eigenvalue weighted by atomic mass is 9.79. The summed E-state index contributed by atoms with van der Waals surface area (Å²) in [6.45, 7) is 1.86. The molecule has 0 heterocycles. The van der Waals surface area contributed by atoms with Crippen molar-refractivity contribution < 1.29 is 5.11 Å². The van der Waals surface area contributed by atoms with Crippen LogP contribution in [0.1, 0.15) is 25.7 Å². The maximum atomic E-state index is 9.23. The van der Waals surface area contributed by atoms with Crippen LogP contribution in [-0.2, 0) is 0 Å². The first-order valence-corrected chi connectivity index (χ1v) is 6.35. The topological polar surface area (TPSA) is 32.3 Å². The van der Waals surface area contributed by atoms with E-state index >= 15 is 0 Å². The zero-order valence-corrected chi connectivity index (χ0v) is 10.4. The molecule has 0 amide bonds. The molecule has 4 heteroatoms. The van der Waals surface area contributed by atoms with Crippen LogP contribution >= 0.6 is 23.2 Å². The van der Waals surface area contributed by atoms with E-state index in [1.165, 1.54) is 24.8 Å². The minimum Gasteiger partial charge on any atom is -0.396 e. The Morgan fingerprint density at radius 1 is 1.33 bits per heavy atom. The summed E-state index contributed by atoms with van der Waals surface area (Å²) in [6.07, 6.45) is 4.90. The van der Waals surface area contributed by atoms with Crippen LogP contribution < -0.4 is 5.32 Å². The van der Waals surface area contributed by atoms with Gasteiger partial charge < -0.3 is 10.4 Å². The third kappa shape index (κ3) is 4.73. The lowest BCUT2D eigenvalue weighted by Crippen LogP contribution is -2.32. The molecule has 0 aromatic rings. The summed E-state index contributed by atoms with van der Waals surface area (Å²) in [5.74, 6) is 1.05. The van der Waals surface area contributed by atoms with Gasteiger partial charge in [-0.3, -0.25) is 0 Å². The second-order valence-corrected chi connectivity index (χ2v) is 4.88. The molecule has 2 nitrogen and oxygen atoms in total. The van der Waals surface area contributed by atoms with Gasteiger partial charge in [0, 0.05) is 23.7 Å². The summed E-state index contributed by atoms with van der Waals surface area (Å²) in [5.41, 5.74) is 1.39. The number of rotatable bonds is 5. The monoisotopic (exact) mass is 251 g/mol. The van der Waals surface area contributed by atoms with Gasteiger partial charge in [0.25, 0.3) is 0 Å². The number of halogens is 2. The van der Waals surface area contributed by atoms with Crippen molar-refractivity contribution in [2.45, 2.75) is 25.7 Å². The molecular formula is C11H19Cl2NO. The van der Waals surface area contributed by atoms with Gasteiger partial charge in [-0.2, -0.15) is 0 Å². The lowest BCUT2D eigenvalue weighted by molar-refractivity contribution is 0.134. The van der Waals surface area contributed by atoms with Crippen molar-refractivity contribution in [3.05, 3.63) is 10.6 Å². The van der Waals surface area contributed by atoms with Crippen molar-refractivity contribution in [2.24, 2.45) is 11.8 Å². The molecule has 0 spiro atoms. The average Bonchev–Trinajstić information content (AvgIpc) is 2.29. The molecule has 15 heavy (non-hydrogen) atoms. The fourth-order valence-electron chi connectivity index (χ4n) is 2.21. The molecule has 0 radical (unpaired) electrons. The van der Waals surface area contributed by atoms with Crippen LogP contribution in [0, 0.1) is 11.8 Å². The standard InChI is InChI=1S/C11H19Cl2NO/c12-5-11(13)7-14-6-9-3-1-2-4-10(9)8-15/h5,9-10,14-15H,1-4,6-8H2. The van der Waals surface area contributed by atoms with Crippen molar-refractivity contribution >= 4 is 23.2 Å². The van der Waals surface area contributed by atoms with Crippen LogP contribution in [0.25, 0.3) is 0 Å². The van der Waals surface area contributed by atoms with Gasteiger partial charge in [-0.1, -0.05) is 36.0 Å². The Hall–Kier alpha value is 0.240. The van der Waals surface area contributed by atoms with Gasteiger partial charge >= 0.3 is 0 Å². The van der Waals surface area contributed by atoms with Gasteiger partial charge in [0.15, 0.2) is 0 Å². The molecule has 1 saturated carbocycles. The molecule has 88 valence electrons. The SMILES string of the molecule is OCC1CCCCC1CNCC(Cl)=CCl. The highest BCUT2D eigenvalue weighted by Gasteiger charge is 2.23. The summed E-state index contributed by atoms with van der Waals surface area (Å²) in [6, 6.07) is 0. The van der Waals surface area contributed by atoms with Gasteiger partial charge in [-0.15, -0.1) is 0 Å². The predicted octanol–water partition coefficient (Wildman–Crippen LogP) is 2.69. The number of hydrogen-bond donors (Lipinski definition) is 2. The lowest BCUT2D eigenvalue weighted by Gasteiger charge is -2.30. The maximum Gasteiger partial charge on any atom is 0.0462 e. The largest absolute Gasteiger partial charge is 0.396 e. The second kappa shape index (κ2) is 7.50. The Balaban J connectivity index is 2.23. The minimum absolute atomic E-state index is 0.311. The van der Waals surface area contributed by atoms with Crippen molar-refractivity contribution in [3.8, 4) is 0 Å². The first-order chi connectivity index (χ1) is 7.27. The summed E-state index contributed by atoms with van der Waals surface area (Å²) in [5, 5.41) is 13.1.